The van der Waals surface area contributed by atoms with Crippen LogP contribution in [-0.2, 0) is 27.6 Å². The van der Waals surface area contributed by atoms with Crippen LogP contribution in [0.1, 0.15) is 50.9 Å². The van der Waals surface area contributed by atoms with Crippen LogP contribution in [-0.4, -0.2) is 33.2 Å². The van der Waals surface area contributed by atoms with Crippen LogP contribution in [0.4, 0.5) is 10.7 Å². The molecule has 156 valence electrons. The minimum atomic E-state index is -3.49. The van der Waals surface area contributed by atoms with Crippen LogP contribution in [0.25, 0.3) is 0 Å². The predicted octanol–water partition coefficient (Wildman–Crippen LogP) is 4.08. The fourth-order valence-electron chi connectivity index (χ4n) is 3.19. The van der Waals surface area contributed by atoms with Gasteiger partial charge in [-0.15, -0.1) is 11.3 Å². The number of aryl methyl sites for hydroxylation is 1. The summed E-state index contributed by atoms with van der Waals surface area (Å²) in [6, 6.07) is 4.26. The molecule has 0 saturated carbocycles. The van der Waals surface area contributed by atoms with Crippen molar-refractivity contribution in [1.29, 1.82) is 0 Å². The van der Waals surface area contributed by atoms with E-state index in [-0.39, 0.29) is 22.9 Å². The third-order valence-electron chi connectivity index (χ3n) is 4.40. The van der Waals surface area contributed by atoms with E-state index in [2.05, 4.69) is 10.0 Å². The van der Waals surface area contributed by atoms with Crippen molar-refractivity contribution in [1.82, 2.24) is 0 Å². The van der Waals surface area contributed by atoms with Gasteiger partial charge in [-0.25, -0.2) is 13.2 Å². The molecule has 7 nitrogen and oxygen atoms in total. The van der Waals surface area contributed by atoms with E-state index in [1.54, 1.807) is 6.92 Å². The first kappa shape index (κ1) is 21.6. The molecule has 1 aromatic heterocycles. The quantitative estimate of drug-likeness (QED) is 0.637. The molecule has 0 fully saturated rings. The van der Waals surface area contributed by atoms with Gasteiger partial charge in [-0.1, -0.05) is 11.6 Å². The van der Waals surface area contributed by atoms with Gasteiger partial charge in [0.2, 0.25) is 10.0 Å². The number of rotatable bonds is 6. The molecule has 1 heterocycles. The maximum absolute atomic E-state index is 12.8. The van der Waals surface area contributed by atoms with E-state index >= 15 is 0 Å². The van der Waals surface area contributed by atoms with Crippen LogP contribution in [0.15, 0.2) is 18.2 Å². The van der Waals surface area contributed by atoms with Crippen LogP contribution in [0.5, 0.6) is 0 Å². The number of carbonyl (C=O) groups is 2. The van der Waals surface area contributed by atoms with Crippen LogP contribution in [0, 0.1) is 0 Å². The fourth-order valence-corrected chi connectivity index (χ4v) is 5.32. The maximum Gasteiger partial charge on any atom is 0.341 e. The number of halogens is 1. The van der Waals surface area contributed by atoms with E-state index in [0.717, 1.165) is 42.4 Å². The van der Waals surface area contributed by atoms with Crippen molar-refractivity contribution in [2.24, 2.45) is 0 Å². The molecule has 3 rings (SSSR count). The zero-order valence-electron chi connectivity index (χ0n) is 16.0. The highest BCUT2D eigenvalue weighted by Gasteiger charge is 2.27. The lowest BCUT2D eigenvalue weighted by Gasteiger charge is -2.12. The Labute approximate surface area is 178 Å². The van der Waals surface area contributed by atoms with Gasteiger partial charge in [0.25, 0.3) is 5.91 Å². The number of ether oxygens (including phenoxy) is 1. The smallest absolute Gasteiger partial charge is 0.341 e. The van der Waals surface area contributed by atoms with Gasteiger partial charge in [0, 0.05) is 10.4 Å². The highest BCUT2D eigenvalue weighted by atomic mass is 35.5. The number of anilines is 2. The van der Waals surface area contributed by atoms with Gasteiger partial charge in [-0.3, -0.25) is 9.52 Å². The number of hydrogen-bond acceptors (Lipinski definition) is 6. The lowest BCUT2D eigenvalue weighted by atomic mass is 9.95. The van der Waals surface area contributed by atoms with Gasteiger partial charge in [-0.05, 0) is 56.4 Å². The van der Waals surface area contributed by atoms with E-state index in [9.17, 15) is 18.0 Å². The van der Waals surface area contributed by atoms with Gasteiger partial charge < -0.3 is 10.1 Å². The number of nitrogens with one attached hydrogen (secondary N) is 2. The Morgan fingerprint density at radius 3 is 2.62 bits per heavy atom. The molecule has 1 aliphatic carbocycles. The number of esters is 1. The molecule has 0 radical (unpaired) electrons. The zero-order chi connectivity index (χ0) is 21.2. The first-order chi connectivity index (χ1) is 13.7. The first-order valence-electron chi connectivity index (χ1n) is 9.10. The second-order valence-corrected chi connectivity index (χ2v) is 9.92. The molecule has 0 unspecified atom stereocenters. The molecule has 1 aliphatic rings. The lowest BCUT2D eigenvalue weighted by Crippen LogP contribution is -2.16. The fraction of sp³-hybridized carbons (Fsp3) is 0.368. The number of hydrogen-bond donors (Lipinski definition) is 2. The molecular weight excluding hydrogens is 436 g/mol. The normalized spacial score (nSPS) is 13.5. The van der Waals surface area contributed by atoms with Crippen LogP contribution in [0.2, 0.25) is 5.02 Å². The molecule has 1 amide bonds. The van der Waals surface area contributed by atoms with Crippen LogP contribution < -0.4 is 10.0 Å². The Hall–Kier alpha value is -2.10. The highest BCUT2D eigenvalue weighted by Crippen LogP contribution is 2.39. The molecular formula is C19H21ClN2O5S2. The van der Waals surface area contributed by atoms with E-state index in [1.807, 2.05) is 0 Å². The van der Waals surface area contributed by atoms with E-state index in [1.165, 1.54) is 29.5 Å². The molecule has 0 atom stereocenters. The van der Waals surface area contributed by atoms with Gasteiger partial charge in [0.1, 0.15) is 5.00 Å². The van der Waals surface area contributed by atoms with Crippen molar-refractivity contribution in [2.45, 2.75) is 32.6 Å². The van der Waals surface area contributed by atoms with E-state index in [4.69, 9.17) is 16.3 Å². The number of thiophene rings is 1. The Balaban J connectivity index is 1.88. The number of carbonyl (C=O) groups excluding carboxylic acids is 2. The summed E-state index contributed by atoms with van der Waals surface area (Å²) < 4.78 is 30.2. The number of benzene rings is 1. The Morgan fingerprint density at radius 2 is 1.97 bits per heavy atom. The van der Waals surface area contributed by atoms with Crippen molar-refractivity contribution in [2.75, 3.05) is 22.9 Å². The van der Waals surface area contributed by atoms with Crippen molar-refractivity contribution >= 4 is 55.5 Å². The Bertz CT molecular complexity index is 1060. The average molecular weight is 457 g/mol. The molecule has 0 spiro atoms. The largest absolute Gasteiger partial charge is 0.462 e. The maximum atomic E-state index is 12.8. The third kappa shape index (κ3) is 5.09. The number of sulfonamides is 1. The Kier molecular flexibility index (Phi) is 6.50. The second kappa shape index (κ2) is 8.73. The van der Waals surface area contributed by atoms with E-state index < -0.39 is 21.9 Å². The molecule has 0 aliphatic heterocycles. The molecule has 29 heavy (non-hydrogen) atoms. The topological polar surface area (TPSA) is 102 Å². The summed E-state index contributed by atoms with van der Waals surface area (Å²) in [6.07, 6.45) is 4.72. The minimum Gasteiger partial charge on any atom is -0.462 e. The van der Waals surface area contributed by atoms with Crippen molar-refractivity contribution in [3.05, 3.63) is 44.8 Å². The SMILES string of the molecule is CCOC(=O)c1c(NC(=O)c2ccc(NS(C)(=O)=O)c(Cl)c2)sc2c1CCCC2. The van der Waals surface area contributed by atoms with Crippen molar-refractivity contribution in [3.8, 4) is 0 Å². The van der Waals surface area contributed by atoms with Gasteiger partial charge in [0.15, 0.2) is 0 Å². The number of amides is 1. The summed E-state index contributed by atoms with van der Waals surface area (Å²) in [5.41, 5.74) is 1.82. The summed E-state index contributed by atoms with van der Waals surface area (Å²) >= 11 is 7.51. The summed E-state index contributed by atoms with van der Waals surface area (Å²) in [6.45, 7) is 1.99. The monoisotopic (exact) mass is 456 g/mol. The van der Waals surface area contributed by atoms with Gasteiger partial charge >= 0.3 is 5.97 Å². The minimum absolute atomic E-state index is 0.0964. The summed E-state index contributed by atoms with van der Waals surface area (Å²) in [5.74, 6) is -0.880. The zero-order valence-corrected chi connectivity index (χ0v) is 18.4. The van der Waals surface area contributed by atoms with Crippen LogP contribution >= 0.6 is 22.9 Å². The molecule has 2 aromatic rings. The molecule has 2 N–H and O–H groups in total. The van der Waals surface area contributed by atoms with Gasteiger partial charge in [0.05, 0.1) is 29.1 Å². The first-order valence-corrected chi connectivity index (χ1v) is 12.2. The number of fused-ring (bicyclic) bond motifs is 1. The highest BCUT2D eigenvalue weighted by molar-refractivity contribution is 7.92. The molecule has 10 heteroatoms. The van der Waals surface area contributed by atoms with Crippen LogP contribution in [0.3, 0.4) is 0 Å². The van der Waals surface area contributed by atoms with Crippen molar-refractivity contribution in [3.63, 3.8) is 0 Å². The lowest BCUT2D eigenvalue weighted by molar-refractivity contribution is 0.0526. The molecule has 1 aromatic carbocycles. The van der Waals surface area contributed by atoms with Crippen molar-refractivity contribution < 1.29 is 22.7 Å². The second-order valence-electron chi connectivity index (χ2n) is 6.66. The summed E-state index contributed by atoms with van der Waals surface area (Å²) in [4.78, 5) is 26.3. The molecule has 0 saturated heterocycles. The summed E-state index contributed by atoms with van der Waals surface area (Å²) in [5, 5.41) is 3.36. The third-order valence-corrected chi connectivity index (χ3v) is 6.52. The molecule has 0 bridgehead atoms. The predicted molar refractivity (Wildman–Crippen MR) is 115 cm³/mol. The van der Waals surface area contributed by atoms with Gasteiger partial charge in [-0.2, -0.15) is 0 Å². The Morgan fingerprint density at radius 1 is 1.24 bits per heavy atom. The van der Waals surface area contributed by atoms with E-state index in [0.29, 0.717) is 10.6 Å². The average Bonchev–Trinajstić information content (AvgIpc) is 3.00. The summed E-state index contributed by atoms with van der Waals surface area (Å²) in [7, 11) is -3.49. The standard InChI is InChI=1S/C19H21ClN2O5S2/c1-3-27-19(24)16-12-6-4-5-7-15(12)28-18(16)21-17(23)11-8-9-14(13(20)10-11)22-29(2,25)26/h8-10,22H,3-7H2,1-2H3,(H,21,23).